The summed E-state index contributed by atoms with van der Waals surface area (Å²) in [7, 11) is 0. The van der Waals surface area contributed by atoms with Crippen LogP contribution in [0.2, 0.25) is 0 Å². The predicted octanol–water partition coefficient (Wildman–Crippen LogP) is 17.4. The molecule has 2 atom stereocenters. The molecular weight excluding hydrogens is 843 g/mol. The third kappa shape index (κ3) is 6.25. The standard InChI is InChI=1S/C64H43N3S/c1-2-52-61(50-29-26-40-16-6-7-17-43(40)30-50)65-64(42-27-24-41(25-28-42)39-14-4-3-5-15-39)66-62(52)51-34-56-55-33-46-20-10-13-23-49(46)38-60(55)68-63(56)59(37-51)67-57-35-47-21-11-8-18-44(47)31-53(57)54-32-45-19-9-12-22-48(45)36-58(54)67/h3-38,52,62H,2H2,1H3. The largest absolute Gasteiger partial charge is 0.308 e. The first-order valence-corrected chi connectivity index (χ1v) is 24.5. The van der Waals surface area contributed by atoms with Crippen molar-refractivity contribution in [1.82, 2.24) is 4.57 Å². The van der Waals surface area contributed by atoms with Crippen molar-refractivity contribution in [3.63, 3.8) is 0 Å². The molecule has 0 radical (unpaired) electrons. The highest BCUT2D eigenvalue weighted by molar-refractivity contribution is 7.26. The van der Waals surface area contributed by atoms with E-state index in [2.05, 4.69) is 230 Å². The average Bonchev–Trinajstić information content (AvgIpc) is 3.91. The van der Waals surface area contributed by atoms with Crippen LogP contribution in [0.15, 0.2) is 228 Å². The van der Waals surface area contributed by atoms with Crippen LogP contribution in [0.5, 0.6) is 0 Å². The summed E-state index contributed by atoms with van der Waals surface area (Å²) in [5, 5.41) is 14.9. The molecule has 320 valence electrons. The maximum absolute atomic E-state index is 5.79. The van der Waals surface area contributed by atoms with Crippen LogP contribution in [0.4, 0.5) is 0 Å². The molecule has 0 amide bonds. The molecule has 0 N–H and O–H groups in total. The maximum atomic E-state index is 5.79. The summed E-state index contributed by atoms with van der Waals surface area (Å²) in [5.41, 5.74) is 10.4. The van der Waals surface area contributed by atoms with E-state index in [1.165, 1.54) is 107 Å². The number of amidine groups is 1. The first kappa shape index (κ1) is 39.0. The highest BCUT2D eigenvalue weighted by Gasteiger charge is 2.33. The van der Waals surface area contributed by atoms with Crippen LogP contribution in [-0.4, -0.2) is 16.1 Å². The number of rotatable bonds is 6. The normalized spacial score (nSPS) is 15.4. The van der Waals surface area contributed by atoms with Gasteiger partial charge in [-0.15, -0.1) is 11.3 Å². The van der Waals surface area contributed by atoms with Gasteiger partial charge in [-0.2, -0.15) is 0 Å². The lowest BCUT2D eigenvalue weighted by Gasteiger charge is -2.30. The van der Waals surface area contributed by atoms with Gasteiger partial charge in [0.15, 0.2) is 5.84 Å². The highest BCUT2D eigenvalue weighted by Crippen LogP contribution is 2.47. The van der Waals surface area contributed by atoms with Crippen molar-refractivity contribution in [1.29, 1.82) is 0 Å². The minimum absolute atomic E-state index is 0.0190. The van der Waals surface area contributed by atoms with Crippen LogP contribution >= 0.6 is 11.3 Å². The molecule has 1 aliphatic heterocycles. The van der Waals surface area contributed by atoms with Gasteiger partial charge < -0.3 is 4.57 Å². The Morgan fingerprint density at radius 2 is 0.926 bits per heavy atom. The smallest absolute Gasteiger partial charge is 0.155 e. The lowest BCUT2D eigenvalue weighted by molar-refractivity contribution is 0.533. The second kappa shape index (κ2) is 15.4. The van der Waals surface area contributed by atoms with Crippen LogP contribution in [0.25, 0.3) is 102 Å². The van der Waals surface area contributed by atoms with Crippen molar-refractivity contribution in [2.45, 2.75) is 19.4 Å². The molecule has 14 rings (SSSR count). The van der Waals surface area contributed by atoms with E-state index in [4.69, 9.17) is 9.98 Å². The van der Waals surface area contributed by atoms with E-state index in [0.29, 0.717) is 0 Å². The summed E-state index contributed by atoms with van der Waals surface area (Å²) in [6.07, 6.45) is 0.871. The molecular formula is C64H43N3S. The number of benzene rings is 11. The van der Waals surface area contributed by atoms with Gasteiger partial charge in [0, 0.05) is 37.7 Å². The van der Waals surface area contributed by atoms with Gasteiger partial charge in [0.2, 0.25) is 0 Å². The van der Waals surface area contributed by atoms with Crippen molar-refractivity contribution >= 4 is 108 Å². The second-order valence-corrected chi connectivity index (χ2v) is 19.4. The Labute approximate surface area is 397 Å². The number of thiophene rings is 1. The summed E-state index contributed by atoms with van der Waals surface area (Å²) in [4.78, 5) is 11.4. The molecule has 0 saturated carbocycles. The quantitative estimate of drug-likeness (QED) is 0.159. The number of nitrogens with zero attached hydrogens (tertiary/aromatic N) is 3. The van der Waals surface area contributed by atoms with Gasteiger partial charge in [-0.1, -0.05) is 171 Å². The Morgan fingerprint density at radius 3 is 1.54 bits per heavy atom. The SMILES string of the molecule is CCC1C(c2ccc3ccccc3c2)=NC(c2ccc(-c3ccccc3)cc2)=NC1c1cc(-n2c3cc4ccccc4cc3c3cc4ccccc4cc32)c2sc3cc4ccccc4cc3c2c1. The van der Waals surface area contributed by atoms with E-state index in [1.807, 2.05) is 11.3 Å². The van der Waals surface area contributed by atoms with E-state index in [1.54, 1.807) is 0 Å². The Bertz CT molecular complexity index is 4160. The second-order valence-electron chi connectivity index (χ2n) is 18.4. The number of aliphatic imine (C=N–C) groups is 2. The summed E-state index contributed by atoms with van der Waals surface area (Å²) < 4.78 is 5.12. The van der Waals surface area contributed by atoms with Crippen LogP contribution in [-0.2, 0) is 0 Å². The number of hydrogen-bond donors (Lipinski definition) is 0. The van der Waals surface area contributed by atoms with Gasteiger partial charge in [-0.3, -0.25) is 4.99 Å². The molecule has 13 aromatic rings. The zero-order chi connectivity index (χ0) is 44.9. The summed E-state index contributed by atoms with van der Waals surface area (Å²) in [5.74, 6) is 0.783. The lowest BCUT2D eigenvalue weighted by Crippen LogP contribution is -2.28. The van der Waals surface area contributed by atoms with E-state index in [9.17, 15) is 0 Å². The zero-order valence-electron chi connectivity index (χ0n) is 37.4. The topological polar surface area (TPSA) is 29.6 Å². The van der Waals surface area contributed by atoms with Crippen molar-refractivity contribution in [2.24, 2.45) is 15.9 Å². The Morgan fingerprint density at radius 1 is 0.426 bits per heavy atom. The molecule has 0 saturated heterocycles. The number of fused-ring (bicyclic) bond motifs is 10. The average molecular weight is 886 g/mol. The predicted molar refractivity (Wildman–Crippen MR) is 292 cm³/mol. The monoisotopic (exact) mass is 885 g/mol. The van der Waals surface area contributed by atoms with Gasteiger partial charge in [0.1, 0.15) is 0 Å². The van der Waals surface area contributed by atoms with E-state index < -0.39 is 0 Å². The minimum Gasteiger partial charge on any atom is -0.308 e. The fraction of sp³-hybridized carbons (Fsp3) is 0.0625. The molecule has 3 heterocycles. The minimum atomic E-state index is -0.212. The summed E-state index contributed by atoms with van der Waals surface area (Å²) in [6, 6.07) is 80.4. The number of hydrogen-bond acceptors (Lipinski definition) is 3. The molecule has 1 aliphatic rings. The van der Waals surface area contributed by atoms with Gasteiger partial charge in [-0.25, -0.2) is 4.99 Å². The molecule has 0 spiro atoms. The Hall–Kier alpha value is -8.18. The Balaban J connectivity index is 1.06. The molecule has 2 unspecified atom stereocenters. The van der Waals surface area contributed by atoms with Gasteiger partial charge in [-0.05, 0) is 126 Å². The fourth-order valence-electron chi connectivity index (χ4n) is 11.1. The first-order valence-electron chi connectivity index (χ1n) is 23.7. The van der Waals surface area contributed by atoms with Gasteiger partial charge >= 0.3 is 0 Å². The van der Waals surface area contributed by atoms with Gasteiger partial charge in [0.05, 0.1) is 33.2 Å². The van der Waals surface area contributed by atoms with Crippen LogP contribution in [0.1, 0.15) is 36.1 Å². The highest BCUT2D eigenvalue weighted by atomic mass is 32.1. The lowest BCUT2D eigenvalue weighted by atomic mass is 9.82. The van der Waals surface area contributed by atoms with Crippen molar-refractivity contribution in [3.8, 4) is 16.8 Å². The number of aromatic nitrogens is 1. The molecule has 2 aromatic heterocycles. The Kier molecular flexibility index (Phi) is 8.87. The van der Waals surface area contributed by atoms with Crippen molar-refractivity contribution in [2.75, 3.05) is 0 Å². The summed E-state index contributed by atoms with van der Waals surface area (Å²) in [6.45, 7) is 2.30. The van der Waals surface area contributed by atoms with E-state index in [-0.39, 0.29) is 12.0 Å². The summed E-state index contributed by atoms with van der Waals surface area (Å²) >= 11 is 1.90. The van der Waals surface area contributed by atoms with Crippen molar-refractivity contribution < 1.29 is 0 Å². The molecule has 4 heteroatoms. The molecule has 68 heavy (non-hydrogen) atoms. The van der Waals surface area contributed by atoms with Crippen molar-refractivity contribution in [3.05, 3.63) is 235 Å². The van der Waals surface area contributed by atoms with Crippen LogP contribution in [0, 0.1) is 5.92 Å². The third-order valence-corrected chi connectivity index (χ3v) is 15.7. The maximum Gasteiger partial charge on any atom is 0.155 e. The molecule has 11 aromatic carbocycles. The molecule has 3 nitrogen and oxygen atoms in total. The van der Waals surface area contributed by atoms with Crippen LogP contribution in [0.3, 0.4) is 0 Å². The fourth-order valence-corrected chi connectivity index (χ4v) is 12.3. The molecule has 0 bridgehead atoms. The zero-order valence-corrected chi connectivity index (χ0v) is 38.2. The van der Waals surface area contributed by atoms with E-state index in [0.717, 1.165) is 29.1 Å². The first-order chi connectivity index (χ1) is 33.6. The van der Waals surface area contributed by atoms with Gasteiger partial charge in [0.25, 0.3) is 0 Å². The molecule has 0 fully saturated rings. The van der Waals surface area contributed by atoms with Crippen LogP contribution < -0.4 is 0 Å². The molecule has 0 aliphatic carbocycles. The van der Waals surface area contributed by atoms with E-state index >= 15 is 0 Å². The third-order valence-electron chi connectivity index (χ3n) is 14.5.